The van der Waals surface area contributed by atoms with Gasteiger partial charge in [-0.15, -0.1) is 11.8 Å². The second kappa shape index (κ2) is 10.1. The smallest absolute Gasteiger partial charge is 0.275 e. The molecule has 3 N–H and O–H groups in total. The van der Waals surface area contributed by atoms with Crippen molar-refractivity contribution in [3.05, 3.63) is 31.9 Å². The lowest BCUT2D eigenvalue weighted by Crippen LogP contribution is -2.27. The van der Waals surface area contributed by atoms with Gasteiger partial charge in [-0.25, -0.2) is 0 Å². The molecule has 1 aromatic heterocycles. The van der Waals surface area contributed by atoms with Crippen LogP contribution in [0.3, 0.4) is 0 Å². The van der Waals surface area contributed by atoms with Gasteiger partial charge in [0.1, 0.15) is 11.5 Å². The monoisotopic (exact) mass is 395 g/mol. The average Bonchev–Trinajstić information content (AvgIpc) is 2.59. The van der Waals surface area contributed by atoms with Gasteiger partial charge in [-0.2, -0.15) is 0 Å². The standard InChI is InChI=1S/C19H29N3O2S2/c1-4-5-10-16(21-17-13(3)20-19(25)22-18(17)24)26-11-15(23)14-9-7-6-8-12(14)2/h10,12,14,21H,4-9,11H2,1-3H3,(H2,20,22,24,25)/b16-10-. The normalized spacial score (nSPS) is 20.8. The van der Waals surface area contributed by atoms with Gasteiger partial charge in [-0.1, -0.05) is 45.6 Å². The third-order valence-electron chi connectivity index (χ3n) is 4.89. The number of ketones is 1. The second-order valence-electron chi connectivity index (χ2n) is 7.01. The van der Waals surface area contributed by atoms with Crippen LogP contribution in [-0.2, 0) is 4.79 Å². The fourth-order valence-corrected chi connectivity index (χ4v) is 4.51. The fourth-order valence-electron chi connectivity index (χ4n) is 3.35. The van der Waals surface area contributed by atoms with E-state index in [-0.39, 0.29) is 11.5 Å². The Bertz CT molecular complexity index is 767. The molecule has 0 bridgehead atoms. The van der Waals surface area contributed by atoms with Crippen LogP contribution in [0.4, 0.5) is 5.69 Å². The first-order valence-corrected chi connectivity index (χ1v) is 10.8. The quantitative estimate of drug-likeness (QED) is 0.544. The highest BCUT2D eigenvalue weighted by molar-refractivity contribution is 8.03. The molecule has 1 aliphatic rings. The summed E-state index contributed by atoms with van der Waals surface area (Å²) < 4.78 is 0.311. The Hall–Kier alpha value is -1.34. The van der Waals surface area contributed by atoms with E-state index in [1.54, 1.807) is 0 Å². The van der Waals surface area contributed by atoms with Crippen molar-refractivity contribution in [1.82, 2.24) is 9.97 Å². The highest BCUT2D eigenvalue weighted by Crippen LogP contribution is 2.32. The molecule has 2 rings (SSSR count). The first-order valence-electron chi connectivity index (χ1n) is 9.38. The predicted octanol–water partition coefficient (Wildman–Crippen LogP) is 4.92. The van der Waals surface area contributed by atoms with Crippen molar-refractivity contribution >= 4 is 35.5 Å². The summed E-state index contributed by atoms with van der Waals surface area (Å²) in [6.07, 6.45) is 8.50. The van der Waals surface area contributed by atoms with Crippen LogP contribution in [0, 0.1) is 23.5 Å². The highest BCUT2D eigenvalue weighted by Gasteiger charge is 2.27. The Morgan fingerprint density at radius 3 is 2.73 bits per heavy atom. The number of unbranched alkanes of at least 4 members (excludes halogenated alkanes) is 1. The molecule has 2 atom stereocenters. The molecule has 0 saturated heterocycles. The minimum absolute atomic E-state index is 0.182. The van der Waals surface area contributed by atoms with E-state index in [9.17, 15) is 9.59 Å². The highest BCUT2D eigenvalue weighted by atomic mass is 32.2. The Morgan fingerprint density at radius 2 is 2.08 bits per heavy atom. The average molecular weight is 396 g/mol. The second-order valence-corrected chi connectivity index (χ2v) is 8.44. The van der Waals surface area contributed by atoms with Gasteiger partial charge in [0, 0.05) is 11.6 Å². The Balaban J connectivity index is 2.07. The number of carbonyl (C=O) groups excluding carboxylic acids is 1. The van der Waals surface area contributed by atoms with E-state index >= 15 is 0 Å². The molecule has 1 saturated carbocycles. The lowest BCUT2D eigenvalue weighted by Gasteiger charge is -2.27. The Kier molecular flexibility index (Phi) is 8.15. The molecule has 144 valence electrons. The van der Waals surface area contributed by atoms with Gasteiger partial charge >= 0.3 is 0 Å². The van der Waals surface area contributed by atoms with Crippen LogP contribution in [0.1, 0.15) is 58.1 Å². The minimum Gasteiger partial charge on any atom is -0.345 e. The summed E-state index contributed by atoms with van der Waals surface area (Å²) in [7, 11) is 0. The van der Waals surface area contributed by atoms with Crippen LogP contribution in [0.5, 0.6) is 0 Å². The van der Waals surface area contributed by atoms with Crippen molar-refractivity contribution in [3.63, 3.8) is 0 Å². The minimum atomic E-state index is -0.249. The van der Waals surface area contributed by atoms with Crippen molar-refractivity contribution in [3.8, 4) is 0 Å². The zero-order chi connectivity index (χ0) is 19.1. The number of allylic oxidation sites excluding steroid dienone is 1. The van der Waals surface area contributed by atoms with E-state index in [1.807, 2.05) is 6.92 Å². The first kappa shape index (κ1) is 21.0. The number of Topliss-reactive ketones (excluding diaryl/α,β-unsaturated/α-hetero) is 1. The molecule has 26 heavy (non-hydrogen) atoms. The van der Waals surface area contributed by atoms with Crippen molar-refractivity contribution < 1.29 is 4.79 Å². The topological polar surface area (TPSA) is 77.8 Å². The molecule has 5 nitrogen and oxygen atoms in total. The zero-order valence-corrected chi connectivity index (χ0v) is 17.4. The molecular weight excluding hydrogens is 366 g/mol. The van der Waals surface area contributed by atoms with Crippen LogP contribution < -0.4 is 10.9 Å². The number of carbonyl (C=O) groups is 1. The molecule has 0 aromatic carbocycles. The SMILES string of the molecule is CCC/C=C(/Nc1c(C)[nH]c(=S)[nH]c1=O)SCC(=O)C1CCCCC1C. The number of thioether (sulfide) groups is 1. The van der Waals surface area contributed by atoms with Gasteiger partial charge in [-0.3, -0.25) is 14.6 Å². The van der Waals surface area contributed by atoms with Gasteiger partial charge in [-0.05, 0) is 37.9 Å². The molecule has 0 aliphatic heterocycles. The molecule has 0 spiro atoms. The van der Waals surface area contributed by atoms with E-state index in [0.717, 1.165) is 37.1 Å². The van der Waals surface area contributed by atoms with Crippen LogP contribution >= 0.6 is 24.0 Å². The fraction of sp³-hybridized carbons (Fsp3) is 0.632. The molecule has 0 radical (unpaired) electrons. The summed E-state index contributed by atoms with van der Waals surface area (Å²) in [6, 6.07) is 0. The van der Waals surface area contributed by atoms with Gasteiger partial charge in [0.15, 0.2) is 4.77 Å². The van der Waals surface area contributed by atoms with E-state index in [0.29, 0.717) is 33.6 Å². The first-order chi connectivity index (χ1) is 12.4. The summed E-state index contributed by atoms with van der Waals surface area (Å²) in [4.78, 5) is 30.4. The van der Waals surface area contributed by atoms with E-state index < -0.39 is 0 Å². The summed E-state index contributed by atoms with van der Waals surface area (Å²) >= 11 is 6.49. The van der Waals surface area contributed by atoms with Gasteiger partial charge in [0.2, 0.25) is 0 Å². The predicted molar refractivity (Wildman–Crippen MR) is 112 cm³/mol. The van der Waals surface area contributed by atoms with Crippen molar-refractivity contribution in [2.24, 2.45) is 11.8 Å². The molecular formula is C19H29N3O2S2. The molecule has 1 aliphatic carbocycles. The molecule has 0 amide bonds. The van der Waals surface area contributed by atoms with Gasteiger partial charge in [0.05, 0.1) is 10.8 Å². The third kappa shape index (κ3) is 5.84. The number of aromatic nitrogens is 2. The van der Waals surface area contributed by atoms with Crippen molar-refractivity contribution in [2.45, 2.75) is 59.3 Å². The zero-order valence-electron chi connectivity index (χ0n) is 15.8. The number of hydrogen-bond donors (Lipinski definition) is 3. The van der Waals surface area contributed by atoms with Crippen LogP contribution in [-0.4, -0.2) is 21.5 Å². The Morgan fingerprint density at radius 1 is 1.35 bits per heavy atom. The largest absolute Gasteiger partial charge is 0.345 e. The maximum absolute atomic E-state index is 12.7. The maximum atomic E-state index is 12.7. The summed E-state index contributed by atoms with van der Waals surface area (Å²) in [5, 5.41) is 4.05. The molecule has 1 fully saturated rings. The molecule has 7 heteroatoms. The Labute approximate surface area is 164 Å². The molecule has 2 unspecified atom stereocenters. The lowest BCUT2D eigenvalue weighted by atomic mass is 9.78. The van der Waals surface area contributed by atoms with E-state index in [4.69, 9.17) is 12.2 Å². The number of aryl methyl sites for hydroxylation is 1. The van der Waals surface area contributed by atoms with Crippen molar-refractivity contribution in [2.75, 3.05) is 11.1 Å². The number of anilines is 1. The number of H-pyrrole nitrogens is 2. The summed E-state index contributed by atoms with van der Waals surface area (Å²) in [6.45, 7) is 6.10. The van der Waals surface area contributed by atoms with Crippen LogP contribution in [0.25, 0.3) is 0 Å². The van der Waals surface area contributed by atoms with Crippen LogP contribution in [0.2, 0.25) is 0 Å². The maximum Gasteiger partial charge on any atom is 0.275 e. The van der Waals surface area contributed by atoms with Crippen molar-refractivity contribution in [1.29, 1.82) is 0 Å². The van der Waals surface area contributed by atoms with E-state index in [1.165, 1.54) is 18.2 Å². The van der Waals surface area contributed by atoms with Gasteiger partial charge < -0.3 is 10.3 Å². The molecule has 1 heterocycles. The summed E-state index contributed by atoms with van der Waals surface area (Å²) in [5.74, 6) is 1.43. The molecule has 1 aromatic rings. The third-order valence-corrected chi connectivity index (χ3v) is 6.10. The number of hydrogen-bond acceptors (Lipinski definition) is 5. The number of aromatic amines is 2. The van der Waals surface area contributed by atoms with Gasteiger partial charge in [0.25, 0.3) is 5.56 Å². The lowest BCUT2D eigenvalue weighted by molar-refractivity contribution is -0.122. The van der Waals surface area contributed by atoms with E-state index in [2.05, 4.69) is 35.2 Å². The summed E-state index contributed by atoms with van der Waals surface area (Å²) in [5.41, 5.74) is 0.891. The number of rotatable bonds is 8. The number of nitrogens with one attached hydrogen (secondary N) is 3. The van der Waals surface area contributed by atoms with Crippen LogP contribution in [0.15, 0.2) is 15.9 Å².